The van der Waals surface area contributed by atoms with Crippen molar-refractivity contribution in [1.29, 1.82) is 0 Å². The van der Waals surface area contributed by atoms with Gasteiger partial charge < -0.3 is 14.5 Å². The zero-order valence-corrected chi connectivity index (χ0v) is 8.53. The van der Waals surface area contributed by atoms with Crippen molar-refractivity contribution in [2.24, 2.45) is 0 Å². The van der Waals surface area contributed by atoms with Crippen LogP contribution in [0.1, 0.15) is 19.1 Å². The van der Waals surface area contributed by atoms with E-state index in [0.29, 0.717) is 6.61 Å². The van der Waals surface area contributed by atoms with E-state index in [2.05, 4.69) is 5.32 Å². The molecule has 1 aliphatic heterocycles. The second kappa shape index (κ2) is 3.81. The highest BCUT2D eigenvalue weighted by molar-refractivity contribution is 5.72. The molecule has 1 aromatic rings. The first-order valence-corrected chi connectivity index (χ1v) is 4.92. The average molecular weight is 207 g/mol. The highest BCUT2D eigenvalue weighted by atomic mass is 16.6. The topological polar surface area (TPSA) is 51.5 Å². The Balaban J connectivity index is 2.12. The SMILES string of the molecule is CC[C@@]1(C=Cc2ccco2)COC(=O)N1. The zero-order chi connectivity index (χ0) is 10.7. The Bertz CT molecular complexity index is 369. The Hall–Kier alpha value is -1.71. The van der Waals surface area contributed by atoms with E-state index in [1.807, 2.05) is 31.2 Å². The third-order valence-electron chi connectivity index (χ3n) is 2.55. The van der Waals surface area contributed by atoms with Crippen LogP contribution in [0, 0.1) is 0 Å². The van der Waals surface area contributed by atoms with Crippen LogP contribution in [0.5, 0.6) is 0 Å². The van der Waals surface area contributed by atoms with Crippen LogP contribution in [0.3, 0.4) is 0 Å². The molecule has 1 aliphatic rings. The molecule has 1 N–H and O–H groups in total. The summed E-state index contributed by atoms with van der Waals surface area (Å²) in [6.07, 6.45) is 5.80. The van der Waals surface area contributed by atoms with Crippen LogP contribution in [-0.4, -0.2) is 18.2 Å². The second-order valence-corrected chi connectivity index (χ2v) is 3.56. The summed E-state index contributed by atoms with van der Waals surface area (Å²) in [5.41, 5.74) is -0.385. The summed E-state index contributed by atoms with van der Waals surface area (Å²) in [5.74, 6) is 0.768. The molecule has 0 unspecified atom stereocenters. The van der Waals surface area contributed by atoms with E-state index in [1.165, 1.54) is 0 Å². The molecule has 2 rings (SSSR count). The molecule has 0 aliphatic carbocycles. The van der Waals surface area contributed by atoms with Gasteiger partial charge in [0.2, 0.25) is 0 Å². The Kier molecular flexibility index (Phi) is 2.49. The van der Waals surface area contributed by atoms with Crippen LogP contribution in [0.2, 0.25) is 0 Å². The Morgan fingerprint density at radius 2 is 2.53 bits per heavy atom. The van der Waals surface area contributed by atoms with E-state index in [9.17, 15) is 4.79 Å². The van der Waals surface area contributed by atoms with Crippen LogP contribution in [0.4, 0.5) is 4.79 Å². The number of hydrogen-bond donors (Lipinski definition) is 1. The molecule has 0 radical (unpaired) electrons. The molecule has 0 saturated carbocycles. The monoisotopic (exact) mass is 207 g/mol. The lowest BCUT2D eigenvalue weighted by molar-refractivity contribution is 0.174. The van der Waals surface area contributed by atoms with Crippen molar-refractivity contribution in [3.63, 3.8) is 0 Å². The quantitative estimate of drug-likeness (QED) is 0.826. The average Bonchev–Trinajstić information content (AvgIpc) is 2.85. The van der Waals surface area contributed by atoms with Crippen molar-refractivity contribution < 1.29 is 13.9 Å². The standard InChI is InChI=1S/C11H13NO3/c1-2-11(8-15-10(13)12-11)6-5-9-4-3-7-14-9/h3-7H,2,8H2,1H3,(H,12,13)/t11-/m1/s1. The fourth-order valence-corrected chi connectivity index (χ4v) is 1.50. The van der Waals surface area contributed by atoms with Crippen molar-refractivity contribution >= 4 is 12.2 Å². The molecule has 4 nitrogen and oxygen atoms in total. The van der Waals surface area contributed by atoms with Crippen LogP contribution in [0.25, 0.3) is 6.08 Å². The molecular weight excluding hydrogens is 194 g/mol. The van der Waals surface area contributed by atoms with E-state index < -0.39 is 0 Å². The van der Waals surface area contributed by atoms with Gasteiger partial charge in [0.25, 0.3) is 0 Å². The van der Waals surface area contributed by atoms with Crippen molar-refractivity contribution in [3.8, 4) is 0 Å². The van der Waals surface area contributed by atoms with E-state index >= 15 is 0 Å². The summed E-state index contributed by atoms with van der Waals surface area (Å²) in [4.78, 5) is 11.0. The maximum absolute atomic E-state index is 11.0. The first kappa shape index (κ1) is 9.83. The highest BCUT2D eigenvalue weighted by Crippen LogP contribution is 2.20. The van der Waals surface area contributed by atoms with Crippen molar-refractivity contribution in [1.82, 2.24) is 5.32 Å². The minimum Gasteiger partial charge on any atom is -0.465 e. The van der Waals surface area contributed by atoms with Gasteiger partial charge in [-0.2, -0.15) is 0 Å². The number of hydrogen-bond acceptors (Lipinski definition) is 3. The van der Waals surface area contributed by atoms with Gasteiger partial charge in [0, 0.05) is 0 Å². The second-order valence-electron chi connectivity index (χ2n) is 3.56. The molecule has 80 valence electrons. The third-order valence-corrected chi connectivity index (χ3v) is 2.55. The van der Waals surface area contributed by atoms with E-state index in [-0.39, 0.29) is 11.6 Å². The predicted octanol–water partition coefficient (Wildman–Crippen LogP) is 2.18. The zero-order valence-electron chi connectivity index (χ0n) is 8.53. The lowest BCUT2D eigenvalue weighted by atomic mass is 9.97. The minimum absolute atomic E-state index is 0.360. The maximum atomic E-state index is 11.0. The van der Waals surface area contributed by atoms with Gasteiger partial charge in [-0.3, -0.25) is 0 Å². The fraction of sp³-hybridized carbons (Fsp3) is 0.364. The Morgan fingerprint density at radius 3 is 3.07 bits per heavy atom. The van der Waals surface area contributed by atoms with Crippen LogP contribution in [0.15, 0.2) is 28.9 Å². The van der Waals surface area contributed by atoms with E-state index in [0.717, 1.165) is 12.2 Å². The molecule has 1 aromatic heterocycles. The first-order valence-electron chi connectivity index (χ1n) is 4.92. The summed E-state index contributed by atoms with van der Waals surface area (Å²) in [6.45, 7) is 2.38. The van der Waals surface area contributed by atoms with Gasteiger partial charge >= 0.3 is 6.09 Å². The first-order chi connectivity index (χ1) is 7.24. The molecule has 0 aromatic carbocycles. The van der Waals surface area contributed by atoms with Gasteiger partial charge in [-0.25, -0.2) is 4.79 Å². The van der Waals surface area contributed by atoms with Gasteiger partial charge in [0.05, 0.1) is 11.8 Å². The lowest BCUT2D eigenvalue weighted by Gasteiger charge is -2.19. The van der Waals surface area contributed by atoms with Crippen molar-refractivity contribution in [2.45, 2.75) is 18.9 Å². The van der Waals surface area contributed by atoms with Crippen LogP contribution >= 0.6 is 0 Å². The van der Waals surface area contributed by atoms with Gasteiger partial charge in [-0.15, -0.1) is 0 Å². The van der Waals surface area contributed by atoms with E-state index in [4.69, 9.17) is 9.15 Å². The highest BCUT2D eigenvalue weighted by Gasteiger charge is 2.35. The summed E-state index contributed by atoms with van der Waals surface area (Å²) in [5, 5.41) is 2.79. The number of rotatable bonds is 3. The lowest BCUT2D eigenvalue weighted by Crippen LogP contribution is -2.40. The number of carbonyl (C=O) groups is 1. The molecule has 4 heteroatoms. The number of nitrogens with one attached hydrogen (secondary N) is 1. The summed E-state index contributed by atoms with van der Waals surface area (Å²) in [7, 11) is 0. The molecule has 1 saturated heterocycles. The minimum atomic E-state index is -0.385. The van der Waals surface area contributed by atoms with Crippen LogP contribution < -0.4 is 5.32 Å². The summed E-state index contributed by atoms with van der Waals surface area (Å²) < 4.78 is 10.1. The molecular formula is C11H13NO3. The number of amides is 1. The Morgan fingerprint density at radius 1 is 1.67 bits per heavy atom. The molecule has 15 heavy (non-hydrogen) atoms. The summed E-state index contributed by atoms with van der Waals surface area (Å²) in [6, 6.07) is 3.68. The number of furan rings is 1. The normalized spacial score (nSPS) is 25.5. The van der Waals surface area contributed by atoms with Crippen molar-refractivity contribution in [2.75, 3.05) is 6.61 Å². The Labute approximate surface area is 87.9 Å². The summed E-state index contributed by atoms with van der Waals surface area (Å²) >= 11 is 0. The molecule has 0 spiro atoms. The third kappa shape index (κ3) is 2.03. The van der Waals surface area contributed by atoms with Gasteiger partial charge in [0.1, 0.15) is 12.4 Å². The number of carbonyl (C=O) groups excluding carboxylic acids is 1. The van der Waals surface area contributed by atoms with Gasteiger partial charge in [0.15, 0.2) is 0 Å². The predicted molar refractivity (Wildman–Crippen MR) is 55.2 cm³/mol. The van der Waals surface area contributed by atoms with E-state index in [1.54, 1.807) is 6.26 Å². The smallest absolute Gasteiger partial charge is 0.408 e. The van der Waals surface area contributed by atoms with Crippen LogP contribution in [-0.2, 0) is 4.74 Å². The molecule has 2 heterocycles. The van der Waals surface area contributed by atoms with Gasteiger partial charge in [-0.1, -0.05) is 13.0 Å². The number of ether oxygens (including phenoxy) is 1. The maximum Gasteiger partial charge on any atom is 0.408 e. The number of alkyl carbamates (subject to hydrolysis) is 1. The van der Waals surface area contributed by atoms with Gasteiger partial charge in [-0.05, 0) is 24.6 Å². The number of cyclic esters (lactones) is 1. The molecule has 1 atom stereocenters. The molecule has 1 fully saturated rings. The molecule has 0 bridgehead atoms. The van der Waals surface area contributed by atoms with Crippen molar-refractivity contribution in [3.05, 3.63) is 30.2 Å². The fourth-order valence-electron chi connectivity index (χ4n) is 1.50. The molecule has 1 amide bonds. The largest absolute Gasteiger partial charge is 0.465 e.